The third-order valence-corrected chi connectivity index (χ3v) is 7.68. The maximum absolute atomic E-state index is 13.8. The number of carbonyl (C=O) groups excluding carboxylic acids is 1. The molecule has 8 nitrogen and oxygen atoms in total. The zero-order chi connectivity index (χ0) is 28.4. The van der Waals surface area contributed by atoms with E-state index in [4.69, 9.17) is 4.74 Å². The van der Waals surface area contributed by atoms with E-state index in [0.29, 0.717) is 29.6 Å². The number of amides is 1. The highest BCUT2D eigenvalue weighted by Crippen LogP contribution is 2.35. The molecule has 1 fully saturated rings. The lowest BCUT2D eigenvalue weighted by atomic mass is 9.98. The summed E-state index contributed by atoms with van der Waals surface area (Å²) in [6.45, 7) is 1.86. The van der Waals surface area contributed by atoms with Gasteiger partial charge in [-0.1, -0.05) is 12.1 Å². The van der Waals surface area contributed by atoms with Crippen LogP contribution in [-0.4, -0.2) is 61.1 Å². The standard InChI is InChI=1S/C29H33F3N6O2/c1-37(2)19-11-13-38(14-12-19)20-8-10-25(26(15-20)40-3)36-28-33-17-22(29(30,31)32)24(35-28)9-7-18-5-4-6-23-21(18)16-27(39)34-23/h4-6,8,10,15,17,19H,7,9,11-14,16H2,1-3H3,(H,34,39)(H,33,35,36). The number of alkyl halides is 3. The molecule has 0 spiro atoms. The summed E-state index contributed by atoms with van der Waals surface area (Å²) in [5, 5.41) is 5.82. The first-order valence-electron chi connectivity index (χ1n) is 13.3. The van der Waals surface area contributed by atoms with Gasteiger partial charge in [-0.15, -0.1) is 0 Å². The van der Waals surface area contributed by atoms with Crippen LogP contribution in [0.25, 0.3) is 0 Å². The molecule has 5 rings (SSSR count). The largest absolute Gasteiger partial charge is 0.494 e. The fourth-order valence-corrected chi connectivity index (χ4v) is 5.45. The van der Waals surface area contributed by atoms with E-state index in [1.807, 2.05) is 24.3 Å². The zero-order valence-electron chi connectivity index (χ0n) is 22.8. The molecule has 1 amide bonds. The normalized spacial score (nSPS) is 15.8. The lowest BCUT2D eigenvalue weighted by molar-refractivity contribution is -0.138. The summed E-state index contributed by atoms with van der Waals surface area (Å²) in [4.78, 5) is 24.6. The van der Waals surface area contributed by atoms with E-state index in [0.717, 1.165) is 48.9 Å². The second-order valence-electron chi connectivity index (χ2n) is 10.4. The van der Waals surface area contributed by atoms with Crippen molar-refractivity contribution in [3.05, 3.63) is 65.0 Å². The van der Waals surface area contributed by atoms with Gasteiger partial charge >= 0.3 is 6.18 Å². The van der Waals surface area contributed by atoms with Gasteiger partial charge in [0.15, 0.2) is 0 Å². The summed E-state index contributed by atoms with van der Waals surface area (Å²) in [7, 11) is 5.76. The van der Waals surface area contributed by atoms with Crippen LogP contribution in [-0.2, 0) is 30.2 Å². The number of aryl methyl sites for hydroxylation is 2. The SMILES string of the molecule is COc1cc(N2CCC(N(C)C)CC2)ccc1Nc1ncc(C(F)(F)F)c(CCc2cccc3c2CC(=O)N3)n1. The molecule has 212 valence electrons. The molecule has 3 aromatic rings. The van der Waals surface area contributed by atoms with Crippen molar-refractivity contribution in [3.8, 4) is 5.75 Å². The Kier molecular flexibility index (Phi) is 7.84. The number of rotatable bonds is 8. The van der Waals surface area contributed by atoms with E-state index < -0.39 is 11.7 Å². The number of halogens is 3. The Morgan fingerprint density at radius 1 is 1.15 bits per heavy atom. The first kappa shape index (κ1) is 27.7. The van der Waals surface area contributed by atoms with E-state index in [1.165, 1.54) is 0 Å². The Bertz CT molecular complexity index is 1390. The third kappa shape index (κ3) is 5.99. The molecule has 0 unspecified atom stereocenters. The predicted octanol–water partition coefficient (Wildman–Crippen LogP) is 5.06. The molecule has 1 aromatic heterocycles. The molecule has 2 N–H and O–H groups in total. The van der Waals surface area contributed by atoms with Crippen LogP contribution in [0, 0.1) is 0 Å². The van der Waals surface area contributed by atoms with Crippen molar-refractivity contribution in [3.63, 3.8) is 0 Å². The van der Waals surface area contributed by atoms with Gasteiger partial charge in [-0.25, -0.2) is 9.97 Å². The lowest BCUT2D eigenvalue weighted by Crippen LogP contribution is -2.41. The number of methoxy groups -OCH3 is 1. The third-order valence-electron chi connectivity index (χ3n) is 7.68. The number of hydrogen-bond donors (Lipinski definition) is 2. The van der Waals surface area contributed by atoms with Crippen molar-refractivity contribution in [1.29, 1.82) is 0 Å². The molecule has 3 heterocycles. The average molecular weight is 555 g/mol. The second kappa shape index (κ2) is 11.3. The van der Waals surface area contributed by atoms with Crippen LogP contribution >= 0.6 is 0 Å². The number of nitrogens with one attached hydrogen (secondary N) is 2. The van der Waals surface area contributed by atoms with E-state index in [2.05, 4.69) is 44.5 Å². The van der Waals surface area contributed by atoms with Gasteiger partial charge < -0.3 is 25.2 Å². The monoisotopic (exact) mass is 554 g/mol. The van der Waals surface area contributed by atoms with E-state index in [1.54, 1.807) is 19.2 Å². The number of nitrogens with zero attached hydrogens (tertiary/aromatic N) is 4. The summed E-state index contributed by atoms with van der Waals surface area (Å²) in [6.07, 6.45) is -1.08. The molecule has 2 aliphatic heterocycles. The molecule has 40 heavy (non-hydrogen) atoms. The van der Waals surface area contributed by atoms with Crippen LogP contribution in [0.4, 0.5) is 36.2 Å². The topological polar surface area (TPSA) is 82.6 Å². The molecule has 0 atom stereocenters. The van der Waals surface area contributed by atoms with Crippen molar-refractivity contribution in [2.75, 3.05) is 49.8 Å². The van der Waals surface area contributed by atoms with Gasteiger partial charge in [0.2, 0.25) is 11.9 Å². The second-order valence-corrected chi connectivity index (χ2v) is 10.4. The van der Waals surface area contributed by atoms with Gasteiger partial charge in [0, 0.05) is 42.8 Å². The van der Waals surface area contributed by atoms with Crippen molar-refractivity contribution in [1.82, 2.24) is 14.9 Å². The van der Waals surface area contributed by atoms with Gasteiger partial charge in [-0.2, -0.15) is 13.2 Å². The summed E-state index contributed by atoms with van der Waals surface area (Å²) in [5.74, 6) is 0.482. The molecular weight excluding hydrogens is 521 g/mol. The quantitative estimate of drug-likeness (QED) is 0.403. The fourth-order valence-electron chi connectivity index (χ4n) is 5.45. The molecular formula is C29H33F3N6O2. The van der Waals surface area contributed by atoms with Crippen LogP contribution < -0.4 is 20.3 Å². The summed E-state index contributed by atoms with van der Waals surface area (Å²) < 4.78 is 47.1. The lowest BCUT2D eigenvalue weighted by Gasteiger charge is -2.36. The number of hydrogen-bond acceptors (Lipinski definition) is 7. The van der Waals surface area contributed by atoms with Crippen molar-refractivity contribution < 1.29 is 22.7 Å². The van der Waals surface area contributed by atoms with Crippen LogP contribution in [0.1, 0.15) is 35.2 Å². The van der Waals surface area contributed by atoms with E-state index in [9.17, 15) is 18.0 Å². The summed E-state index contributed by atoms with van der Waals surface area (Å²) in [5.41, 5.74) is 2.96. The van der Waals surface area contributed by atoms with Crippen molar-refractivity contribution in [2.24, 2.45) is 0 Å². The molecule has 0 bridgehead atoms. The van der Waals surface area contributed by atoms with Crippen molar-refractivity contribution >= 4 is 28.9 Å². The van der Waals surface area contributed by atoms with Crippen LogP contribution in [0.3, 0.4) is 0 Å². The number of benzene rings is 2. The highest BCUT2D eigenvalue weighted by molar-refractivity contribution is 5.99. The number of piperidine rings is 1. The Morgan fingerprint density at radius 3 is 2.62 bits per heavy atom. The number of anilines is 4. The van der Waals surface area contributed by atoms with Crippen LogP contribution in [0.2, 0.25) is 0 Å². The van der Waals surface area contributed by atoms with Gasteiger partial charge in [-0.3, -0.25) is 4.79 Å². The van der Waals surface area contributed by atoms with Crippen LogP contribution in [0.5, 0.6) is 5.75 Å². The van der Waals surface area contributed by atoms with Gasteiger partial charge in [0.05, 0.1) is 30.5 Å². The Morgan fingerprint density at radius 2 is 1.93 bits per heavy atom. The first-order chi connectivity index (χ1) is 19.1. The highest BCUT2D eigenvalue weighted by Gasteiger charge is 2.35. The fraction of sp³-hybridized carbons (Fsp3) is 0.414. The van der Waals surface area contributed by atoms with Gasteiger partial charge in [0.1, 0.15) is 5.75 Å². The number of fused-ring (bicyclic) bond motifs is 1. The Balaban J connectivity index is 1.35. The highest BCUT2D eigenvalue weighted by atomic mass is 19.4. The molecule has 0 aliphatic carbocycles. The summed E-state index contributed by atoms with van der Waals surface area (Å²) in [6, 6.07) is 11.7. The smallest absolute Gasteiger partial charge is 0.419 e. The zero-order valence-corrected chi connectivity index (χ0v) is 22.8. The van der Waals surface area contributed by atoms with Crippen LogP contribution in [0.15, 0.2) is 42.6 Å². The number of ether oxygens (including phenoxy) is 1. The maximum Gasteiger partial charge on any atom is 0.419 e. The number of carbonyl (C=O) groups is 1. The van der Waals surface area contributed by atoms with Crippen molar-refractivity contribution in [2.45, 2.75) is 44.3 Å². The molecule has 2 aliphatic rings. The molecule has 0 saturated carbocycles. The molecule has 0 radical (unpaired) electrons. The minimum atomic E-state index is -4.59. The number of aromatic nitrogens is 2. The van der Waals surface area contributed by atoms with E-state index in [-0.39, 0.29) is 30.4 Å². The minimum Gasteiger partial charge on any atom is -0.494 e. The Labute approximate surface area is 231 Å². The molecule has 1 saturated heterocycles. The average Bonchev–Trinajstić information content (AvgIpc) is 3.32. The molecule has 11 heteroatoms. The van der Waals surface area contributed by atoms with Gasteiger partial charge in [-0.05, 0) is 69.1 Å². The minimum absolute atomic E-state index is 0.0374. The first-order valence-corrected chi connectivity index (χ1v) is 13.3. The predicted molar refractivity (Wildman–Crippen MR) is 148 cm³/mol. The molecule has 2 aromatic carbocycles. The van der Waals surface area contributed by atoms with E-state index >= 15 is 0 Å². The summed E-state index contributed by atoms with van der Waals surface area (Å²) >= 11 is 0. The Hall–Kier alpha value is -3.86. The maximum atomic E-state index is 13.8. The van der Waals surface area contributed by atoms with Gasteiger partial charge in [0.25, 0.3) is 0 Å².